The molecule has 0 bridgehead atoms. The predicted octanol–water partition coefficient (Wildman–Crippen LogP) is 3.68. The highest BCUT2D eigenvalue weighted by Crippen LogP contribution is 2.18. The van der Waals surface area contributed by atoms with Crippen LogP contribution in [0.1, 0.15) is 15.9 Å². The lowest BCUT2D eigenvalue weighted by Crippen LogP contribution is -2.07. The molecule has 2 aromatic rings. The summed E-state index contributed by atoms with van der Waals surface area (Å²) in [5.41, 5.74) is 3.90. The third kappa shape index (κ3) is 2.97. The Morgan fingerprint density at radius 1 is 1.11 bits per heavy atom. The van der Waals surface area contributed by atoms with Crippen LogP contribution in [0.2, 0.25) is 0 Å². The van der Waals surface area contributed by atoms with E-state index in [-0.39, 0.29) is 5.78 Å². The van der Waals surface area contributed by atoms with Gasteiger partial charge in [0, 0.05) is 16.5 Å². The Balaban J connectivity index is 2.19. The van der Waals surface area contributed by atoms with Crippen LogP contribution in [0.4, 0.5) is 5.69 Å². The summed E-state index contributed by atoms with van der Waals surface area (Å²) in [6.45, 7) is 0. The van der Waals surface area contributed by atoms with Gasteiger partial charge >= 0.3 is 0 Å². The van der Waals surface area contributed by atoms with Crippen LogP contribution in [0.3, 0.4) is 0 Å². The first kappa shape index (κ1) is 12.8. The van der Waals surface area contributed by atoms with E-state index in [9.17, 15) is 4.79 Å². The van der Waals surface area contributed by atoms with Crippen LogP contribution in [0.15, 0.2) is 53.0 Å². The number of rotatable bonds is 4. The van der Waals surface area contributed by atoms with Crippen LogP contribution >= 0.6 is 15.9 Å². The lowest BCUT2D eigenvalue weighted by atomic mass is 10.0. The predicted molar refractivity (Wildman–Crippen MR) is 74.0 cm³/mol. The zero-order valence-electron chi connectivity index (χ0n) is 9.56. The fourth-order valence-corrected chi connectivity index (χ4v) is 1.97. The van der Waals surface area contributed by atoms with E-state index < -0.39 is 0 Å². The van der Waals surface area contributed by atoms with Crippen molar-refractivity contribution in [2.45, 2.75) is 6.42 Å². The number of carbonyl (C=O) groups is 1. The van der Waals surface area contributed by atoms with Gasteiger partial charge in [-0.1, -0.05) is 40.2 Å². The van der Waals surface area contributed by atoms with Crippen molar-refractivity contribution < 1.29 is 10.0 Å². The summed E-state index contributed by atoms with van der Waals surface area (Å²) in [5, 5.41) is 8.96. The zero-order chi connectivity index (χ0) is 13.0. The van der Waals surface area contributed by atoms with Crippen LogP contribution in [0.25, 0.3) is 0 Å². The van der Waals surface area contributed by atoms with E-state index in [1.54, 1.807) is 24.3 Å². The first-order valence-electron chi connectivity index (χ1n) is 5.47. The second-order valence-corrected chi connectivity index (χ2v) is 4.80. The van der Waals surface area contributed by atoms with Crippen molar-refractivity contribution in [2.24, 2.45) is 0 Å². The molecule has 2 N–H and O–H groups in total. The molecule has 0 saturated carbocycles. The minimum absolute atomic E-state index is 0.0329. The lowest BCUT2D eigenvalue weighted by Gasteiger charge is -2.07. The summed E-state index contributed by atoms with van der Waals surface area (Å²) in [6.07, 6.45) is 0.311. The Morgan fingerprint density at radius 3 is 2.44 bits per heavy atom. The van der Waals surface area contributed by atoms with Crippen LogP contribution in [0.5, 0.6) is 0 Å². The summed E-state index contributed by atoms with van der Waals surface area (Å²) >= 11 is 3.35. The summed E-state index contributed by atoms with van der Waals surface area (Å²) in [4.78, 5) is 12.1. The molecule has 0 unspecified atom stereocenters. The molecular weight excluding hydrogens is 294 g/mol. The first-order valence-corrected chi connectivity index (χ1v) is 6.27. The van der Waals surface area contributed by atoms with Crippen molar-refractivity contribution in [1.29, 1.82) is 0 Å². The molecule has 0 aliphatic heterocycles. The van der Waals surface area contributed by atoms with Crippen molar-refractivity contribution in [3.05, 3.63) is 64.1 Å². The SMILES string of the molecule is O=C(Cc1ccc(Br)cc1)c1ccccc1NO. The van der Waals surface area contributed by atoms with E-state index >= 15 is 0 Å². The quantitative estimate of drug-likeness (QED) is 0.669. The number of benzene rings is 2. The van der Waals surface area contributed by atoms with Gasteiger partial charge in [-0.15, -0.1) is 0 Å². The summed E-state index contributed by atoms with van der Waals surface area (Å²) in [6, 6.07) is 14.5. The van der Waals surface area contributed by atoms with E-state index in [1.807, 2.05) is 29.7 Å². The minimum atomic E-state index is -0.0329. The van der Waals surface area contributed by atoms with Crippen molar-refractivity contribution in [1.82, 2.24) is 0 Å². The van der Waals surface area contributed by atoms with Gasteiger partial charge in [0.15, 0.2) is 5.78 Å². The zero-order valence-corrected chi connectivity index (χ0v) is 11.1. The number of halogens is 1. The van der Waals surface area contributed by atoms with Crippen LogP contribution in [-0.4, -0.2) is 11.0 Å². The van der Waals surface area contributed by atoms with Gasteiger partial charge in [-0.3, -0.25) is 15.5 Å². The van der Waals surface area contributed by atoms with E-state index in [1.165, 1.54) is 0 Å². The molecule has 0 radical (unpaired) electrons. The topological polar surface area (TPSA) is 49.3 Å². The molecule has 0 amide bonds. The Bertz CT molecular complexity index is 552. The molecule has 0 aliphatic carbocycles. The lowest BCUT2D eigenvalue weighted by molar-refractivity contribution is 0.0993. The number of carbonyl (C=O) groups excluding carboxylic acids is 1. The molecule has 0 heterocycles. The molecule has 2 rings (SSSR count). The number of hydrogen-bond donors (Lipinski definition) is 2. The number of nitrogens with one attached hydrogen (secondary N) is 1. The molecule has 92 valence electrons. The molecule has 0 saturated heterocycles. The second-order valence-electron chi connectivity index (χ2n) is 3.88. The summed E-state index contributed by atoms with van der Waals surface area (Å²) in [7, 11) is 0. The highest BCUT2D eigenvalue weighted by molar-refractivity contribution is 9.10. The standard InChI is InChI=1S/C14H12BrNO2/c15-11-7-5-10(6-8-11)9-14(17)12-3-1-2-4-13(12)16-18/h1-8,16,18H,9H2. The number of hydrogen-bond acceptors (Lipinski definition) is 3. The summed E-state index contributed by atoms with van der Waals surface area (Å²) in [5.74, 6) is -0.0329. The molecule has 0 spiro atoms. The van der Waals surface area contributed by atoms with Gasteiger partial charge in [-0.25, -0.2) is 0 Å². The van der Waals surface area contributed by atoms with Crippen molar-refractivity contribution in [3.8, 4) is 0 Å². The minimum Gasteiger partial charge on any atom is -0.294 e. The van der Waals surface area contributed by atoms with Gasteiger partial charge in [0.25, 0.3) is 0 Å². The molecule has 3 nitrogen and oxygen atoms in total. The van der Waals surface area contributed by atoms with Crippen LogP contribution in [-0.2, 0) is 6.42 Å². The molecular formula is C14H12BrNO2. The van der Waals surface area contributed by atoms with Crippen molar-refractivity contribution >= 4 is 27.4 Å². The first-order chi connectivity index (χ1) is 8.70. The fourth-order valence-electron chi connectivity index (χ4n) is 1.71. The molecule has 0 atom stereocenters. The molecule has 0 aliphatic rings. The fraction of sp³-hybridized carbons (Fsp3) is 0.0714. The average molecular weight is 306 g/mol. The van der Waals surface area contributed by atoms with Gasteiger partial charge in [0.2, 0.25) is 0 Å². The van der Waals surface area contributed by atoms with E-state index in [2.05, 4.69) is 15.9 Å². The molecule has 2 aromatic carbocycles. The maximum absolute atomic E-state index is 12.1. The normalized spacial score (nSPS) is 10.1. The Morgan fingerprint density at radius 2 is 1.78 bits per heavy atom. The molecule has 0 aromatic heterocycles. The third-order valence-corrected chi connectivity index (χ3v) is 3.15. The van der Waals surface area contributed by atoms with Gasteiger partial charge < -0.3 is 0 Å². The highest BCUT2D eigenvalue weighted by Gasteiger charge is 2.11. The van der Waals surface area contributed by atoms with Gasteiger partial charge in [-0.05, 0) is 29.8 Å². The van der Waals surface area contributed by atoms with Gasteiger partial charge in [0.05, 0.1) is 5.69 Å². The highest BCUT2D eigenvalue weighted by atomic mass is 79.9. The van der Waals surface area contributed by atoms with Gasteiger partial charge in [0.1, 0.15) is 0 Å². The maximum Gasteiger partial charge on any atom is 0.169 e. The number of ketones is 1. The second kappa shape index (κ2) is 5.80. The largest absolute Gasteiger partial charge is 0.294 e. The van der Waals surface area contributed by atoms with E-state index in [0.29, 0.717) is 17.7 Å². The smallest absolute Gasteiger partial charge is 0.169 e. The molecule has 18 heavy (non-hydrogen) atoms. The van der Waals surface area contributed by atoms with E-state index in [0.717, 1.165) is 10.0 Å². The molecule has 4 heteroatoms. The third-order valence-electron chi connectivity index (χ3n) is 2.63. The number of para-hydroxylation sites is 1. The number of anilines is 1. The van der Waals surface area contributed by atoms with E-state index in [4.69, 9.17) is 5.21 Å². The average Bonchev–Trinajstić information content (AvgIpc) is 2.41. The Labute approximate surface area is 114 Å². The van der Waals surface area contributed by atoms with Crippen LogP contribution in [0, 0.1) is 0 Å². The van der Waals surface area contributed by atoms with Crippen molar-refractivity contribution in [3.63, 3.8) is 0 Å². The molecule has 0 fully saturated rings. The summed E-state index contributed by atoms with van der Waals surface area (Å²) < 4.78 is 0.983. The van der Waals surface area contributed by atoms with Gasteiger partial charge in [-0.2, -0.15) is 0 Å². The van der Waals surface area contributed by atoms with Crippen molar-refractivity contribution in [2.75, 3.05) is 5.48 Å². The Hall–Kier alpha value is -1.65. The van der Waals surface area contributed by atoms with Crippen LogP contribution < -0.4 is 5.48 Å². The Kier molecular flexibility index (Phi) is 4.12. The number of Topliss-reactive ketones (excluding diaryl/α,β-unsaturated/α-hetero) is 1. The monoisotopic (exact) mass is 305 g/mol. The maximum atomic E-state index is 12.1.